The van der Waals surface area contributed by atoms with Gasteiger partial charge in [-0.25, -0.2) is 0 Å². The molecule has 33 heavy (non-hydrogen) atoms. The van der Waals surface area contributed by atoms with Crippen molar-refractivity contribution < 1.29 is 30.3 Å². The third kappa shape index (κ3) is 5.25. The van der Waals surface area contributed by atoms with Crippen LogP contribution in [0.4, 0.5) is 0 Å². The minimum atomic E-state index is -0.329. The summed E-state index contributed by atoms with van der Waals surface area (Å²) in [5.74, 6) is 0.630. The molecule has 5 rings (SSSR count). The van der Waals surface area contributed by atoms with E-state index in [1.165, 1.54) is 16.3 Å². The van der Waals surface area contributed by atoms with Crippen LogP contribution in [-0.4, -0.2) is 27.4 Å². The molecule has 0 aliphatic heterocycles. The summed E-state index contributed by atoms with van der Waals surface area (Å²) in [6, 6.07) is 18.0. The predicted octanol–water partition coefficient (Wildman–Crippen LogP) is 6.12. The molecule has 2 N–H and O–H groups in total. The Morgan fingerprint density at radius 2 is 1.45 bits per heavy atom. The summed E-state index contributed by atoms with van der Waals surface area (Å²) in [4.78, 5) is 4.53. The van der Waals surface area contributed by atoms with Gasteiger partial charge in [0.2, 0.25) is 0 Å². The van der Waals surface area contributed by atoms with E-state index in [1.807, 2.05) is 12.3 Å². The van der Waals surface area contributed by atoms with Crippen molar-refractivity contribution in [2.24, 2.45) is 22.7 Å². The Bertz CT molecular complexity index is 1080. The second-order valence-corrected chi connectivity index (χ2v) is 11.3. The zero-order chi connectivity index (χ0) is 23.3. The van der Waals surface area contributed by atoms with Gasteiger partial charge in [-0.05, 0) is 46.1 Å². The van der Waals surface area contributed by atoms with Crippen LogP contribution >= 0.6 is 0 Å². The molecular weight excluding hydrogens is 587 g/mol. The summed E-state index contributed by atoms with van der Waals surface area (Å²) in [5.41, 5.74) is 4.44. The van der Waals surface area contributed by atoms with E-state index >= 15 is 0 Å². The van der Waals surface area contributed by atoms with Crippen molar-refractivity contribution in [1.82, 2.24) is 4.98 Å². The third-order valence-corrected chi connectivity index (χ3v) is 7.51. The molecule has 2 saturated carbocycles. The zero-order valence-electron chi connectivity index (χ0n) is 20.5. The molecule has 2 aliphatic rings. The molecule has 1 radical (unpaired) electrons. The molecule has 0 saturated heterocycles. The summed E-state index contributed by atoms with van der Waals surface area (Å²) in [6.45, 7) is 12.6. The van der Waals surface area contributed by atoms with Crippen molar-refractivity contribution in [2.45, 2.75) is 66.6 Å². The molecule has 2 unspecified atom stereocenters. The summed E-state index contributed by atoms with van der Waals surface area (Å²) < 4.78 is 0. The molecule has 2 atom stereocenters. The standard InChI is InChI=1S/C17H14N.C12H22O2.Ir/c1-12-7-13(2)9-16(8-12)17-10-14-5-3-4-6-15(14)11-18-17;1-11(2)5-7-6-12(3,4)10(14)8(7)9(11)13;/h3-8,10-11H,1-2H3;7-10,13-14H,5-6H2,1-4H3;/q-1;;. The maximum atomic E-state index is 10.2. The van der Waals surface area contributed by atoms with Crippen molar-refractivity contribution in [1.29, 1.82) is 0 Å². The number of aromatic nitrogens is 1. The quantitative estimate of drug-likeness (QED) is 0.322. The number of hydrogen-bond acceptors (Lipinski definition) is 3. The number of aliphatic hydroxyl groups excluding tert-OH is 2. The van der Waals surface area contributed by atoms with E-state index in [9.17, 15) is 10.2 Å². The average Bonchev–Trinajstić information content (AvgIpc) is 3.07. The fourth-order valence-electron chi connectivity index (χ4n) is 5.93. The zero-order valence-corrected chi connectivity index (χ0v) is 22.9. The molecule has 0 spiro atoms. The Labute approximate surface area is 212 Å². The molecule has 3 aromatic rings. The van der Waals surface area contributed by atoms with Gasteiger partial charge in [0.15, 0.2) is 0 Å². The summed E-state index contributed by atoms with van der Waals surface area (Å²) in [6.07, 6.45) is 3.38. The first kappa shape index (κ1) is 26.0. The molecule has 0 amide bonds. The molecule has 2 fully saturated rings. The van der Waals surface area contributed by atoms with E-state index in [0.29, 0.717) is 5.92 Å². The SMILES string of the molecule is CC1(C)CC2CC(C)(C)C(O)C2C1O.Cc1[c-]c(-c2cc3ccccc3cn2)cc(C)c1.[Ir]. The van der Waals surface area contributed by atoms with Crippen LogP contribution in [0.1, 0.15) is 51.7 Å². The van der Waals surface area contributed by atoms with E-state index in [2.05, 4.69) is 89.0 Å². The maximum Gasteiger partial charge on any atom is 0.0646 e. The van der Waals surface area contributed by atoms with Gasteiger partial charge in [0.05, 0.1) is 12.2 Å². The number of pyridine rings is 1. The number of benzene rings is 2. The number of fused-ring (bicyclic) bond motifs is 2. The van der Waals surface area contributed by atoms with Crippen LogP contribution in [0.5, 0.6) is 0 Å². The van der Waals surface area contributed by atoms with Gasteiger partial charge < -0.3 is 15.2 Å². The first-order valence-electron chi connectivity index (χ1n) is 11.7. The van der Waals surface area contributed by atoms with Gasteiger partial charge in [-0.2, -0.15) is 0 Å². The van der Waals surface area contributed by atoms with Crippen LogP contribution < -0.4 is 0 Å². The van der Waals surface area contributed by atoms with Crippen LogP contribution in [0, 0.1) is 42.6 Å². The first-order chi connectivity index (χ1) is 15.0. The van der Waals surface area contributed by atoms with Crippen LogP contribution in [-0.2, 0) is 20.1 Å². The van der Waals surface area contributed by atoms with Crippen LogP contribution in [0.2, 0.25) is 0 Å². The Morgan fingerprint density at radius 1 is 0.879 bits per heavy atom. The van der Waals surface area contributed by atoms with Gasteiger partial charge >= 0.3 is 0 Å². The second kappa shape index (κ2) is 9.58. The molecule has 0 bridgehead atoms. The molecule has 3 nitrogen and oxygen atoms in total. The number of hydrogen-bond donors (Lipinski definition) is 2. The van der Waals surface area contributed by atoms with Gasteiger partial charge in [0, 0.05) is 32.2 Å². The van der Waals surface area contributed by atoms with E-state index in [0.717, 1.165) is 29.7 Å². The third-order valence-electron chi connectivity index (χ3n) is 7.51. The fraction of sp³-hybridized carbons (Fsp3) is 0.483. The second-order valence-electron chi connectivity index (χ2n) is 11.3. The Morgan fingerprint density at radius 3 is 2.00 bits per heavy atom. The average molecular weight is 623 g/mol. The number of nitrogens with zero attached hydrogens (tertiary/aromatic N) is 1. The van der Waals surface area contributed by atoms with Gasteiger partial charge in [-0.3, -0.25) is 0 Å². The molecule has 2 aliphatic carbocycles. The number of rotatable bonds is 1. The topological polar surface area (TPSA) is 53.4 Å². The van der Waals surface area contributed by atoms with Gasteiger partial charge in [0.25, 0.3) is 0 Å². The monoisotopic (exact) mass is 623 g/mol. The van der Waals surface area contributed by atoms with E-state index in [1.54, 1.807) is 0 Å². The van der Waals surface area contributed by atoms with Crippen LogP contribution in [0.3, 0.4) is 0 Å². The van der Waals surface area contributed by atoms with Crippen molar-refractivity contribution in [3.05, 3.63) is 65.9 Å². The summed E-state index contributed by atoms with van der Waals surface area (Å²) in [7, 11) is 0. The molecule has 179 valence electrons. The van der Waals surface area contributed by atoms with Crippen molar-refractivity contribution in [2.75, 3.05) is 0 Å². The van der Waals surface area contributed by atoms with Crippen LogP contribution in [0.25, 0.3) is 22.0 Å². The van der Waals surface area contributed by atoms with Crippen molar-refractivity contribution in [3.63, 3.8) is 0 Å². The Hall–Kier alpha value is -1.58. The molecule has 2 aromatic carbocycles. The number of aryl methyl sites for hydroxylation is 2. The summed E-state index contributed by atoms with van der Waals surface area (Å²) in [5, 5.41) is 22.7. The Kier molecular flexibility index (Phi) is 7.56. The molecule has 4 heteroatoms. The van der Waals surface area contributed by atoms with Crippen molar-refractivity contribution >= 4 is 10.8 Å². The minimum absolute atomic E-state index is 0. The fourth-order valence-corrected chi connectivity index (χ4v) is 5.93. The maximum absolute atomic E-state index is 10.2. The predicted molar refractivity (Wildman–Crippen MR) is 131 cm³/mol. The number of aliphatic hydroxyl groups is 2. The molecular formula is C29H36IrNO2-. The van der Waals surface area contributed by atoms with Gasteiger partial charge in [0.1, 0.15) is 0 Å². The minimum Gasteiger partial charge on any atom is -0.392 e. The normalized spacial score (nSPS) is 26.8. The molecule has 1 aromatic heterocycles. The van der Waals surface area contributed by atoms with Gasteiger partial charge in [-0.1, -0.05) is 71.9 Å². The van der Waals surface area contributed by atoms with Gasteiger partial charge in [-0.15, -0.1) is 34.9 Å². The molecule has 1 heterocycles. The van der Waals surface area contributed by atoms with E-state index in [-0.39, 0.29) is 49.1 Å². The van der Waals surface area contributed by atoms with E-state index in [4.69, 9.17) is 0 Å². The van der Waals surface area contributed by atoms with Crippen molar-refractivity contribution in [3.8, 4) is 11.3 Å². The van der Waals surface area contributed by atoms with Crippen LogP contribution in [0.15, 0.2) is 48.7 Å². The first-order valence-corrected chi connectivity index (χ1v) is 11.7. The largest absolute Gasteiger partial charge is 0.392 e. The smallest absolute Gasteiger partial charge is 0.0646 e. The Balaban J connectivity index is 0.000000186. The van der Waals surface area contributed by atoms with E-state index < -0.39 is 0 Å². The summed E-state index contributed by atoms with van der Waals surface area (Å²) >= 11 is 0.